The van der Waals surface area contributed by atoms with E-state index >= 15 is 0 Å². The number of nitrogens with one attached hydrogen (secondary N) is 1. The van der Waals surface area contributed by atoms with E-state index in [1.54, 1.807) is 18.2 Å². The molecule has 9 heteroatoms. The Hall–Kier alpha value is -1.26. The van der Waals surface area contributed by atoms with Crippen LogP contribution < -0.4 is 4.83 Å². The number of hydrogen-bond donors (Lipinski definition) is 1. The van der Waals surface area contributed by atoms with Gasteiger partial charge in [0.15, 0.2) is 4.32 Å². The maximum atomic E-state index is 12.6. The molecular formula is C16H13BrN2O3S3. The first kappa shape index (κ1) is 18.5. The van der Waals surface area contributed by atoms with Gasteiger partial charge in [-0.2, -0.15) is 0 Å². The van der Waals surface area contributed by atoms with Crippen molar-refractivity contribution in [2.75, 3.05) is 0 Å². The van der Waals surface area contributed by atoms with Gasteiger partial charge in [-0.3, -0.25) is 4.79 Å². The summed E-state index contributed by atoms with van der Waals surface area (Å²) in [5, 5.41) is 0.499. The Morgan fingerprint density at radius 2 is 1.76 bits per heavy atom. The Morgan fingerprint density at radius 1 is 1.12 bits per heavy atom. The van der Waals surface area contributed by atoms with E-state index in [4.69, 9.17) is 12.2 Å². The van der Waals surface area contributed by atoms with E-state index < -0.39 is 15.3 Å². The Morgan fingerprint density at radius 3 is 2.40 bits per heavy atom. The lowest BCUT2D eigenvalue weighted by molar-refractivity contribution is -0.127. The van der Waals surface area contributed by atoms with Crippen molar-refractivity contribution in [3.05, 3.63) is 64.6 Å². The zero-order valence-electron chi connectivity index (χ0n) is 12.8. The van der Waals surface area contributed by atoms with Gasteiger partial charge in [0.1, 0.15) is 0 Å². The molecule has 1 aliphatic rings. The molecule has 130 valence electrons. The van der Waals surface area contributed by atoms with Crippen molar-refractivity contribution >= 4 is 60.2 Å². The number of nitrogens with zero attached hydrogens (tertiary/aromatic N) is 1. The van der Waals surface area contributed by atoms with E-state index in [1.165, 1.54) is 23.9 Å². The third-order valence-electron chi connectivity index (χ3n) is 3.52. The van der Waals surface area contributed by atoms with Crippen LogP contribution >= 0.6 is 39.9 Å². The minimum atomic E-state index is -3.86. The molecule has 2 aromatic rings. The second kappa shape index (κ2) is 7.55. The van der Waals surface area contributed by atoms with Crippen LogP contribution in [0.1, 0.15) is 5.56 Å². The van der Waals surface area contributed by atoms with Crippen molar-refractivity contribution < 1.29 is 13.2 Å². The average molecular weight is 457 g/mol. The van der Waals surface area contributed by atoms with Crippen LogP contribution in [0.4, 0.5) is 0 Å². The predicted molar refractivity (Wildman–Crippen MR) is 105 cm³/mol. The molecule has 1 saturated heterocycles. The number of benzene rings is 2. The summed E-state index contributed by atoms with van der Waals surface area (Å²) in [6, 6.07) is 15.5. The number of rotatable bonds is 5. The summed E-state index contributed by atoms with van der Waals surface area (Å²) in [6.07, 6.45) is 0.473. The minimum absolute atomic E-state index is 0.0759. The number of hydrazine groups is 1. The van der Waals surface area contributed by atoms with E-state index in [2.05, 4.69) is 20.8 Å². The summed E-state index contributed by atoms with van der Waals surface area (Å²) >= 11 is 9.74. The van der Waals surface area contributed by atoms with Crippen molar-refractivity contribution in [1.29, 1.82) is 0 Å². The number of sulfonamides is 1. The van der Waals surface area contributed by atoms with Gasteiger partial charge in [0.05, 0.1) is 10.1 Å². The van der Waals surface area contributed by atoms with Crippen LogP contribution in [0, 0.1) is 0 Å². The highest BCUT2D eigenvalue weighted by atomic mass is 79.9. The minimum Gasteiger partial charge on any atom is -0.272 e. The lowest BCUT2D eigenvalue weighted by Gasteiger charge is -2.17. The number of thiocarbonyl (C=S) groups is 1. The van der Waals surface area contributed by atoms with Crippen molar-refractivity contribution in [2.24, 2.45) is 0 Å². The van der Waals surface area contributed by atoms with Crippen LogP contribution in [0.2, 0.25) is 0 Å². The van der Waals surface area contributed by atoms with Crippen molar-refractivity contribution in [1.82, 2.24) is 9.84 Å². The first-order chi connectivity index (χ1) is 11.9. The average Bonchev–Trinajstić information content (AvgIpc) is 2.85. The van der Waals surface area contributed by atoms with Crippen LogP contribution in [0.5, 0.6) is 0 Å². The van der Waals surface area contributed by atoms with Crippen LogP contribution in [0.15, 0.2) is 64.0 Å². The fourth-order valence-corrected chi connectivity index (χ4v) is 5.15. The first-order valence-electron chi connectivity index (χ1n) is 7.23. The molecule has 0 spiro atoms. The number of halogens is 1. The van der Waals surface area contributed by atoms with Crippen molar-refractivity contribution in [2.45, 2.75) is 16.6 Å². The van der Waals surface area contributed by atoms with Gasteiger partial charge in [-0.05, 0) is 36.2 Å². The summed E-state index contributed by atoms with van der Waals surface area (Å²) < 4.78 is 26.0. The number of amides is 1. The summed E-state index contributed by atoms with van der Waals surface area (Å²) in [5.74, 6) is -0.363. The molecule has 3 rings (SSSR count). The fourth-order valence-electron chi connectivity index (χ4n) is 2.28. The summed E-state index contributed by atoms with van der Waals surface area (Å²) in [7, 11) is -3.86. The number of carbonyl (C=O) groups excluding carboxylic acids is 1. The zero-order chi connectivity index (χ0) is 18.0. The van der Waals surface area contributed by atoms with Gasteiger partial charge in [0.25, 0.3) is 15.9 Å². The monoisotopic (exact) mass is 456 g/mol. The Balaban J connectivity index is 1.74. The third-order valence-corrected chi connectivity index (χ3v) is 6.87. The molecule has 0 saturated carbocycles. The molecule has 0 bridgehead atoms. The predicted octanol–water partition coefficient (Wildman–Crippen LogP) is 3.11. The molecule has 5 nitrogen and oxygen atoms in total. The van der Waals surface area contributed by atoms with E-state index in [9.17, 15) is 13.2 Å². The molecule has 2 aromatic carbocycles. The maximum absolute atomic E-state index is 12.6. The topological polar surface area (TPSA) is 66.5 Å². The molecule has 1 aliphatic heterocycles. The maximum Gasteiger partial charge on any atom is 0.257 e. The van der Waals surface area contributed by atoms with Crippen LogP contribution in [-0.2, 0) is 21.2 Å². The van der Waals surface area contributed by atoms with Crippen LogP contribution in [-0.4, -0.2) is 28.9 Å². The molecule has 1 amide bonds. The standard InChI is InChI=1S/C16H13BrN2O3S3/c17-12-8-6-11(7-9-12)10-14-15(20)19(16(23)24-14)18-25(21,22)13-4-2-1-3-5-13/h1-9,14,18H,10H2/t14-/m1/s1. The molecule has 0 aliphatic carbocycles. The Labute approximate surface area is 163 Å². The molecule has 1 fully saturated rings. The van der Waals surface area contributed by atoms with Gasteiger partial charge < -0.3 is 0 Å². The van der Waals surface area contributed by atoms with E-state index in [0.717, 1.165) is 15.0 Å². The quantitative estimate of drug-likeness (QED) is 0.700. The Bertz CT molecular complexity index is 902. The molecule has 0 unspecified atom stereocenters. The van der Waals surface area contributed by atoms with Gasteiger partial charge in [-0.25, -0.2) is 13.4 Å². The third kappa shape index (κ3) is 4.29. The fraction of sp³-hybridized carbons (Fsp3) is 0.125. The van der Waals surface area contributed by atoms with Gasteiger partial charge in [0, 0.05) is 4.47 Å². The smallest absolute Gasteiger partial charge is 0.257 e. The highest BCUT2D eigenvalue weighted by Crippen LogP contribution is 2.29. The van der Waals surface area contributed by atoms with Crippen molar-refractivity contribution in [3.8, 4) is 0 Å². The normalized spacial score (nSPS) is 18.0. The molecule has 0 aromatic heterocycles. The second-order valence-corrected chi connectivity index (χ2v) is 9.70. The summed E-state index contributed by atoms with van der Waals surface area (Å²) in [6.45, 7) is 0. The van der Waals surface area contributed by atoms with E-state index in [-0.39, 0.29) is 15.1 Å². The lowest BCUT2D eigenvalue weighted by atomic mass is 10.1. The second-order valence-electron chi connectivity index (χ2n) is 5.28. The molecule has 1 atom stereocenters. The van der Waals surface area contributed by atoms with Gasteiger partial charge in [-0.1, -0.05) is 70.2 Å². The highest BCUT2D eigenvalue weighted by molar-refractivity contribution is 9.10. The summed E-state index contributed by atoms with van der Waals surface area (Å²) in [5.41, 5.74) is 0.976. The van der Waals surface area contributed by atoms with Gasteiger partial charge >= 0.3 is 0 Å². The van der Waals surface area contributed by atoms with E-state index in [1.807, 2.05) is 24.3 Å². The molecule has 1 heterocycles. The van der Waals surface area contributed by atoms with Crippen molar-refractivity contribution in [3.63, 3.8) is 0 Å². The van der Waals surface area contributed by atoms with Crippen LogP contribution in [0.3, 0.4) is 0 Å². The molecule has 0 radical (unpaired) electrons. The van der Waals surface area contributed by atoms with Gasteiger partial charge in [0.2, 0.25) is 0 Å². The van der Waals surface area contributed by atoms with Crippen LogP contribution in [0.25, 0.3) is 0 Å². The lowest BCUT2D eigenvalue weighted by Crippen LogP contribution is -2.46. The number of hydrogen-bond acceptors (Lipinski definition) is 5. The Kier molecular flexibility index (Phi) is 5.59. The number of thioether (sulfide) groups is 1. The molecule has 1 N–H and O–H groups in total. The SMILES string of the molecule is O=C1[C@@H](Cc2ccc(Br)cc2)SC(=S)N1NS(=O)(=O)c1ccccc1. The zero-order valence-corrected chi connectivity index (χ0v) is 16.8. The highest BCUT2D eigenvalue weighted by Gasteiger charge is 2.39. The molecule has 25 heavy (non-hydrogen) atoms. The molecular weight excluding hydrogens is 444 g/mol. The first-order valence-corrected chi connectivity index (χ1v) is 10.8. The van der Waals surface area contributed by atoms with Gasteiger partial charge in [-0.15, -0.1) is 4.83 Å². The largest absolute Gasteiger partial charge is 0.272 e. The van der Waals surface area contributed by atoms with E-state index in [0.29, 0.717) is 6.42 Å². The number of carbonyl (C=O) groups is 1. The summed E-state index contributed by atoms with van der Waals surface area (Å²) in [4.78, 5) is 14.9.